The topological polar surface area (TPSA) is 90.4 Å². The van der Waals surface area contributed by atoms with Gasteiger partial charge >= 0.3 is 5.97 Å². The van der Waals surface area contributed by atoms with Crippen molar-refractivity contribution in [3.8, 4) is 5.75 Å². The molecule has 7 heteroatoms. The van der Waals surface area contributed by atoms with Crippen molar-refractivity contribution in [3.05, 3.63) is 48.0 Å². The van der Waals surface area contributed by atoms with Gasteiger partial charge < -0.3 is 14.8 Å². The van der Waals surface area contributed by atoms with Crippen molar-refractivity contribution >= 4 is 17.6 Å². The first-order chi connectivity index (χ1) is 10.6. The molecule has 2 rings (SSSR count). The fourth-order valence-electron chi connectivity index (χ4n) is 1.84. The molecule has 0 atom stereocenters. The number of carbonyl (C=O) groups is 2. The molecule has 22 heavy (non-hydrogen) atoms. The number of benzene rings is 1. The maximum absolute atomic E-state index is 12.0. The summed E-state index contributed by atoms with van der Waals surface area (Å²) in [6.45, 7) is 0. The smallest absolute Gasteiger partial charge is 0.340 e. The molecule has 0 fully saturated rings. The summed E-state index contributed by atoms with van der Waals surface area (Å²) >= 11 is 0. The van der Waals surface area contributed by atoms with E-state index in [1.165, 1.54) is 26.6 Å². The second kappa shape index (κ2) is 7.16. The molecule has 0 aliphatic carbocycles. The van der Waals surface area contributed by atoms with Crippen molar-refractivity contribution in [1.82, 2.24) is 9.97 Å². The van der Waals surface area contributed by atoms with Gasteiger partial charge in [0, 0.05) is 12.4 Å². The number of ether oxygens (including phenoxy) is 2. The lowest BCUT2D eigenvalue weighted by Crippen LogP contribution is -2.17. The van der Waals surface area contributed by atoms with Gasteiger partial charge in [-0.15, -0.1) is 0 Å². The Hall–Kier alpha value is -2.96. The van der Waals surface area contributed by atoms with Crippen LogP contribution in [0.25, 0.3) is 0 Å². The predicted octanol–water partition coefficient (Wildman–Crippen LogP) is 1.45. The average Bonchev–Trinajstić information content (AvgIpc) is 2.55. The van der Waals surface area contributed by atoms with Gasteiger partial charge in [0.25, 0.3) is 0 Å². The van der Waals surface area contributed by atoms with E-state index in [1.54, 1.807) is 24.5 Å². The number of rotatable bonds is 5. The highest BCUT2D eigenvalue weighted by atomic mass is 16.5. The molecule has 2 aromatic rings. The highest BCUT2D eigenvalue weighted by Gasteiger charge is 2.15. The third-order valence-electron chi connectivity index (χ3n) is 2.88. The molecular formula is C15H15N3O4. The minimum Gasteiger partial charge on any atom is -0.497 e. The van der Waals surface area contributed by atoms with Crippen LogP contribution in [-0.4, -0.2) is 36.1 Å². The SMILES string of the molecule is COC(=O)c1cc(OC)ccc1NC(=O)Cc1cncnc1. The molecule has 0 radical (unpaired) electrons. The molecule has 0 saturated heterocycles. The zero-order chi connectivity index (χ0) is 15.9. The second-order valence-corrected chi connectivity index (χ2v) is 4.37. The minimum absolute atomic E-state index is 0.105. The van der Waals surface area contributed by atoms with Crippen molar-refractivity contribution in [2.45, 2.75) is 6.42 Å². The van der Waals surface area contributed by atoms with E-state index in [0.29, 0.717) is 17.0 Å². The van der Waals surface area contributed by atoms with Crippen molar-refractivity contribution in [3.63, 3.8) is 0 Å². The molecule has 1 aromatic carbocycles. The lowest BCUT2D eigenvalue weighted by molar-refractivity contribution is -0.115. The minimum atomic E-state index is -0.558. The van der Waals surface area contributed by atoms with Gasteiger partial charge in [-0.1, -0.05) is 0 Å². The molecule has 0 bridgehead atoms. The number of esters is 1. The molecule has 1 N–H and O–H groups in total. The van der Waals surface area contributed by atoms with Crippen molar-refractivity contribution in [2.75, 3.05) is 19.5 Å². The van der Waals surface area contributed by atoms with Gasteiger partial charge in [0.2, 0.25) is 5.91 Å². The summed E-state index contributed by atoms with van der Waals surface area (Å²) in [5.41, 5.74) is 1.25. The van der Waals surface area contributed by atoms with Gasteiger partial charge in [-0.05, 0) is 23.8 Å². The number of hydrogen-bond donors (Lipinski definition) is 1. The number of aromatic nitrogens is 2. The van der Waals surface area contributed by atoms with Crippen LogP contribution in [0, 0.1) is 0 Å². The summed E-state index contributed by atoms with van der Waals surface area (Å²) in [5, 5.41) is 2.67. The zero-order valence-corrected chi connectivity index (χ0v) is 12.2. The Labute approximate surface area is 127 Å². The average molecular weight is 301 g/mol. The Morgan fingerprint density at radius 1 is 1.18 bits per heavy atom. The quantitative estimate of drug-likeness (QED) is 0.841. The predicted molar refractivity (Wildman–Crippen MR) is 78.7 cm³/mol. The number of anilines is 1. The van der Waals surface area contributed by atoms with Gasteiger partial charge in [0.05, 0.1) is 31.9 Å². The summed E-state index contributed by atoms with van der Waals surface area (Å²) in [4.78, 5) is 31.5. The van der Waals surface area contributed by atoms with Crippen molar-refractivity contribution < 1.29 is 19.1 Å². The van der Waals surface area contributed by atoms with Crippen LogP contribution in [0.3, 0.4) is 0 Å². The van der Waals surface area contributed by atoms with Gasteiger partial charge in [-0.2, -0.15) is 0 Å². The normalized spacial score (nSPS) is 9.91. The first kappa shape index (κ1) is 15.4. The largest absolute Gasteiger partial charge is 0.497 e. The van der Waals surface area contributed by atoms with E-state index in [1.807, 2.05) is 0 Å². The molecule has 1 heterocycles. The van der Waals surface area contributed by atoms with Crippen LogP contribution >= 0.6 is 0 Å². The number of nitrogens with one attached hydrogen (secondary N) is 1. The molecule has 1 aromatic heterocycles. The van der Waals surface area contributed by atoms with Crippen LogP contribution in [-0.2, 0) is 16.0 Å². The summed E-state index contributed by atoms with van der Waals surface area (Å²) < 4.78 is 9.78. The summed E-state index contributed by atoms with van der Waals surface area (Å²) in [7, 11) is 2.76. The molecule has 1 amide bonds. The molecule has 114 valence electrons. The number of nitrogens with zero attached hydrogens (tertiary/aromatic N) is 2. The number of amides is 1. The highest BCUT2D eigenvalue weighted by Crippen LogP contribution is 2.23. The summed E-state index contributed by atoms with van der Waals surface area (Å²) in [6.07, 6.45) is 4.61. The van der Waals surface area contributed by atoms with Crippen LogP contribution in [0.5, 0.6) is 5.75 Å². The maximum atomic E-state index is 12.0. The first-order valence-electron chi connectivity index (χ1n) is 6.44. The lowest BCUT2D eigenvalue weighted by Gasteiger charge is -2.11. The monoisotopic (exact) mass is 301 g/mol. The molecule has 7 nitrogen and oxygen atoms in total. The Morgan fingerprint density at radius 2 is 1.91 bits per heavy atom. The number of methoxy groups -OCH3 is 2. The third kappa shape index (κ3) is 3.78. The molecule has 0 spiro atoms. The van der Waals surface area contributed by atoms with Crippen molar-refractivity contribution in [1.29, 1.82) is 0 Å². The van der Waals surface area contributed by atoms with Gasteiger partial charge in [-0.25, -0.2) is 14.8 Å². The molecule has 0 unspecified atom stereocenters. The Morgan fingerprint density at radius 3 is 2.55 bits per heavy atom. The first-order valence-corrected chi connectivity index (χ1v) is 6.44. The van der Waals surface area contributed by atoms with E-state index in [-0.39, 0.29) is 17.9 Å². The Balaban J connectivity index is 2.17. The van der Waals surface area contributed by atoms with E-state index in [4.69, 9.17) is 9.47 Å². The van der Waals surface area contributed by atoms with Crippen LogP contribution < -0.4 is 10.1 Å². The summed E-state index contributed by atoms with van der Waals surface area (Å²) in [5.74, 6) is -0.350. The van der Waals surface area contributed by atoms with E-state index in [9.17, 15) is 9.59 Å². The van der Waals surface area contributed by atoms with Gasteiger partial charge in [0.1, 0.15) is 12.1 Å². The van der Waals surface area contributed by atoms with Crippen LogP contribution in [0.15, 0.2) is 36.9 Å². The highest BCUT2D eigenvalue weighted by molar-refractivity contribution is 6.02. The van der Waals surface area contributed by atoms with E-state index < -0.39 is 5.97 Å². The fourth-order valence-corrected chi connectivity index (χ4v) is 1.84. The zero-order valence-electron chi connectivity index (χ0n) is 12.2. The van der Waals surface area contributed by atoms with Crippen LogP contribution in [0.1, 0.15) is 15.9 Å². The van der Waals surface area contributed by atoms with E-state index in [0.717, 1.165) is 0 Å². The second-order valence-electron chi connectivity index (χ2n) is 4.37. The van der Waals surface area contributed by atoms with Crippen LogP contribution in [0.4, 0.5) is 5.69 Å². The van der Waals surface area contributed by atoms with Crippen molar-refractivity contribution in [2.24, 2.45) is 0 Å². The third-order valence-corrected chi connectivity index (χ3v) is 2.88. The van der Waals surface area contributed by atoms with Crippen LogP contribution in [0.2, 0.25) is 0 Å². The van der Waals surface area contributed by atoms with Gasteiger partial charge in [0.15, 0.2) is 0 Å². The Bertz CT molecular complexity index is 674. The molecule has 0 aliphatic heterocycles. The van der Waals surface area contributed by atoms with Gasteiger partial charge in [-0.3, -0.25) is 4.79 Å². The summed E-state index contributed by atoms with van der Waals surface area (Å²) in [6, 6.07) is 4.74. The molecule has 0 saturated carbocycles. The lowest BCUT2D eigenvalue weighted by atomic mass is 10.1. The number of carbonyl (C=O) groups excluding carboxylic acids is 2. The molecular weight excluding hydrogens is 286 g/mol. The molecule has 0 aliphatic rings. The van der Waals surface area contributed by atoms with E-state index in [2.05, 4.69) is 15.3 Å². The maximum Gasteiger partial charge on any atom is 0.340 e. The fraction of sp³-hybridized carbons (Fsp3) is 0.200. The standard InChI is InChI=1S/C15H15N3O4/c1-21-11-3-4-13(12(6-11)15(20)22-2)18-14(19)5-10-7-16-9-17-8-10/h3-4,6-9H,5H2,1-2H3,(H,18,19). The van der Waals surface area contributed by atoms with E-state index >= 15 is 0 Å². The number of hydrogen-bond acceptors (Lipinski definition) is 6. The Kier molecular flexibility index (Phi) is 5.02.